The van der Waals surface area contributed by atoms with Gasteiger partial charge in [-0.1, -0.05) is 0 Å². The third-order valence-corrected chi connectivity index (χ3v) is 3.25. The molecule has 5 heteroatoms. The summed E-state index contributed by atoms with van der Waals surface area (Å²) in [6.07, 6.45) is 2.65. The van der Waals surface area contributed by atoms with Crippen LogP contribution < -0.4 is 0 Å². The SMILES string of the molecule is CN(CC1CC1)C(=O)N1CC(CC(=O)O)C1. The minimum atomic E-state index is -0.775. The number of carbonyl (C=O) groups excluding carboxylic acids is 1. The molecule has 1 aliphatic carbocycles. The summed E-state index contributed by atoms with van der Waals surface area (Å²) in [6.45, 7) is 2.04. The lowest BCUT2D eigenvalue weighted by molar-refractivity contribution is -0.139. The lowest BCUT2D eigenvalue weighted by atomic mass is 9.97. The Kier molecular flexibility index (Phi) is 3.03. The Morgan fingerprint density at radius 3 is 2.44 bits per heavy atom. The molecule has 1 saturated carbocycles. The van der Waals surface area contributed by atoms with Gasteiger partial charge in [0.05, 0.1) is 6.42 Å². The maximum absolute atomic E-state index is 11.8. The van der Waals surface area contributed by atoms with E-state index in [4.69, 9.17) is 5.11 Å². The highest BCUT2D eigenvalue weighted by atomic mass is 16.4. The molecular formula is C11H18N2O3. The number of rotatable bonds is 4. The number of hydrogen-bond donors (Lipinski definition) is 1. The van der Waals surface area contributed by atoms with Crippen molar-refractivity contribution < 1.29 is 14.7 Å². The van der Waals surface area contributed by atoms with E-state index in [1.165, 1.54) is 12.8 Å². The zero-order valence-electron chi connectivity index (χ0n) is 9.56. The molecule has 0 spiro atoms. The van der Waals surface area contributed by atoms with Crippen molar-refractivity contribution >= 4 is 12.0 Å². The fraction of sp³-hybridized carbons (Fsp3) is 0.818. The normalized spacial score (nSPS) is 20.4. The maximum atomic E-state index is 11.8. The van der Waals surface area contributed by atoms with Crippen LogP contribution >= 0.6 is 0 Å². The van der Waals surface area contributed by atoms with Gasteiger partial charge in [-0.25, -0.2) is 4.79 Å². The number of hydrogen-bond acceptors (Lipinski definition) is 2. The lowest BCUT2D eigenvalue weighted by Gasteiger charge is -2.40. The molecule has 2 rings (SSSR count). The van der Waals surface area contributed by atoms with Gasteiger partial charge in [-0.3, -0.25) is 4.79 Å². The van der Waals surface area contributed by atoms with E-state index < -0.39 is 5.97 Å². The fourth-order valence-corrected chi connectivity index (χ4v) is 2.11. The van der Waals surface area contributed by atoms with Gasteiger partial charge in [-0.05, 0) is 18.8 Å². The summed E-state index contributed by atoms with van der Waals surface area (Å²) < 4.78 is 0. The van der Waals surface area contributed by atoms with Crippen LogP contribution in [0.1, 0.15) is 19.3 Å². The van der Waals surface area contributed by atoms with Crippen molar-refractivity contribution in [3.63, 3.8) is 0 Å². The predicted molar refractivity (Wildman–Crippen MR) is 58.1 cm³/mol. The van der Waals surface area contributed by atoms with Crippen molar-refractivity contribution in [1.82, 2.24) is 9.80 Å². The molecule has 90 valence electrons. The summed E-state index contributed by atoms with van der Waals surface area (Å²) in [5.74, 6) is 0.0734. The molecule has 1 aliphatic heterocycles. The molecule has 16 heavy (non-hydrogen) atoms. The van der Waals surface area contributed by atoms with Gasteiger partial charge in [0, 0.05) is 32.6 Å². The molecule has 0 aromatic carbocycles. The lowest BCUT2D eigenvalue weighted by Crippen LogP contribution is -2.54. The average Bonchev–Trinajstić information content (AvgIpc) is 2.92. The highest BCUT2D eigenvalue weighted by Gasteiger charge is 2.34. The number of aliphatic carboxylic acids is 1. The molecule has 1 saturated heterocycles. The van der Waals surface area contributed by atoms with Crippen LogP contribution in [0.4, 0.5) is 4.79 Å². The average molecular weight is 226 g/mol. The van der Waals surface area contributed by atoms with Crippen LogP contribution in [0.3, 0.4) is 0 Å². The van der Waals surface area contributed by atoms with E-state index in [9.17, 15) is 9.59 Å². The zero-order valence-corrected chi connectivity index (χ0v) is 9.56. The number of carboxylic acids is 1. The first-order valence-corrected chi connectivity index (χ1v) is 5.78. The molecule has 0 bridgehead atoms. The molecule has 2 aliphatic rings. The standard InChI is InChI=1S/C11H18N2O3/c1-12(5-8-2-3-8)11(16)13-6-9(7-13)4-10(14)15/h8-9H,2-7H2,1H3,(H,14,15). The molecule has 0 atom stereocenters. The minimum Gasteiger partial charge on any atom is -0.481 e. The van der Waals surface area contributed by atoms with Crippen LogP contribution in [0.2, 0.25) is 0 Å². The van der Waals surface area contributed by atoms with Gasteiger partial charge in [0.2, 0.25) is 0 Å². The van der Waals surface area contributed by atoms with E-state index in [1.54, 1.807) is 9.80 Å². The van der Waals surface area contributed by atoms with Crippen LogP contribution in [0.15, 0.2) is 0 Å². The highest BCUT2D eigenvalue weighted by molar-refractivity contribution is 5.75. The Balaban J connectivity index is 1.69. The molecule has 1 N–H and O–H groups in total. The molecule has 0 aromatic rings. The number of likely N-dealkylation sites (tertiary alicyclic amines) is 1. The number of nitrogens with zero attached hydrogens (tertiary/aromatic N) is 2. The van der Waals surface area contributed by atoms with E-state index in [-0.39, 0.29) is 18.4 Å². The van der Waals surface area contributed by atoms with Gasteiger partial charge in [-0.2, -0.15) is 0 Å². The minimum absolute atomic E-state index is 0.0496. The summed E-state index contributed by atoms with van der Waals surface area (Å²) in [5.41, 5.74) is 0. The first-order valence-electron chi connectivity index (χ1n) is 5.78. The summed E-state index contributed by atoms with van der Waals surface area (Å²) in [6, 6.07) is 0.0496. The summed E-state index contributed by atoms with van der Waals surface area (Å²) in [4.78, 5) is 25.8. The van der Waals surface area contributed by atoms with Crippen molar-refractivity contribution in [3.8, 4) is 0 Å². The summed E-state index contributed by atoms with van der Waals surface area (Å²) in [7, 11) is 1.82. The second-order valence-electron chi connectivity index (χ2n) is 4.98. The maximum Gasteiger partial charge on any atom is 0.319 e. The summed E-state index contributed by atoms with van der Waals surface area (Å²) in [5, 5.41) is 8.60. The Hall–Kier alpha value is -1.26. The number of amides is 2. The monoisotopic (exact) mass is 226 g/mol. The third kappa shape index (κ3) is 2.65. The van der Waals surface area contributed by atoms with E-state index in [2.05, 4.69) is 0 Å². The molecule has 0 radical (unpaired) electrons. The number of urea groups is 1. The summed E-state index contributed by atoms with van der Waals surface area (Å²) >= 11 is 0. The predicted octanol–water partition coefficient (Wildman–Crippen LogP) is 0.855. The second-order valence-corrected chi connectivity index (χ2v) is 4.98. The van der Waals surface area contributed by atoms with Crippen molar-refractivity contribution in [2.45, 2.75) is 19.3 Å². The molecule has 2 fully saturated rings. The quantitative estimate of drug-likeness (QED) is 0.773. The van der Waals surface area contributed by atoms with E-state index >= 15 is 0 Å². The highest BCUT2D eigenvalue weighted by Crippen LogP contribution is 2.30. The van der Waals surface area contributed by atoms with Gasteiger partial charge < -0.3 is 14.9 Å². The van der Waals surface area contributed by atoms with E-state index in [1.807, 2.05) is 7.05 Å². The fourth-order valence-electron chi connectivity index (χ4n) is 2.11. The first-order chi connectivity index (χ1) is 7.56. The van der Waals surface area contributed by atoms with Crippen molar-refractivity contribution in [3.05, 3.63) is 0 Å². The van der Waals surface area contributed by atoms with E-state index in [0.29, 0.717) is 19.0 Å². The first kappa shape index (κ1) is 11.2. The Morgan fingerprint density at radius 1 is 1.31 bits per heavy atom. The topological polar surface area (TPSA) is 60.9 Å². The van der Waals surface area contributed by atoms with E-state index in [0.717, 1.165) is 6.54 Å². The third-order valence-electron chi connectivity index (χ3n) is 3.25. The molecule has 5 nitrogen and oxygen atoms in total. The molecule has 0 unspecified atom stereocenters. The second kappa shape index (κ2) is 4.31. The number of carbonyl (C=O) groups is 2. The Labute approximate surface area is 95.0 Å². The van der Waals surface area contributed by atoms with Crippen LogP contribution in [0.5, 0.6) is 0 Å². The zero-order chi connectivity index (χ0) is 11.7. The Bertz CT molecular complexity index is 296. The van der Waals surface area contributed by atoms with Gasteiger partial charge in [0.1, 0.15) is 0 Å². The molecule has 0 aromatic heterocycles. The van der Waals surface area contributed by atoms with Crippen molar-refractivity contribution in [1.29, 1.82) is 0 Å². The van der Waals surface area contributed by atoms with Gasteiger partial charge in [-0.15, -0.1) is 0 Å². The van der Waals surface area contributed by atoms with Crippen molar-refractivity contribution in [2.75, 3.05) is 26.7 Å². The number of carboxylic acid groups (broad SMARTS) is 1. The van der Waals surface area contributed by atoms with Gasteiger partial charge in [0.15, 0.2) is 0 Å². The van der Waals surface area contributed by atoms with Crippen LogP contribution in [0.25, 0.3) is 0 Å². The van der Waals surface area contributed by atoms with Crippen LogP contribution in [-0.4, -0.2) is 53.6 Å². The largest absolute Gasteiger partial charge is 0.481 e. The van der Waals surface area contributed by atoms with Gasteiger partial charge in [0.25, 0.3) is 0 Å². The molecular weight excluding hydrogens is 208 g/mol. The molecule has 2 amide bonds. The molecule has 1 heterocycles. The van der Waals surface area contributed by atoms with Gasteiger partial charge >= 0.3 is 12.0 Å². The van der Waals surface area contributed by atoms with Crippen LogP contribution in [0, 0.1) is 11.8 Å². The van der Waals surface area contributed by atoms with Crippen molar-refractivity contribution in [2.24, 2.45) is 11.8 Å². The smallest absolute Gasteiger partial charge is 0.319 e. The van der Waals surface area contributed by atoms with Crippen LogP contribution in [-0.2, 0) is 4.79 Å². The Morgan fingerprint density at radius 2 is 1.94 bits per heavy atom.